The number of nitrogens with zero attached hydrogens (tertiary/aromatic N) is 3. The second-order valence-corrected chi connectivity index (χ2v) is 4.69. The van der Waals surface area contributed by atoms with E-state index in [4.69, 9.17) is 21.1 Å². The SMILES string of the molecule is CCOCCc1nc(C)nn1-c1cc(Cl)ccc1OC. The second-order valence-electron chi connectivity index (χ2n) is 4.25. The molecule has 0 aliphatic carbocycles. The molecule has 0 atom stereocenters. The van der Waals surface area contributed by atoms with Crippen LogP contribution in [-0.2, 0) is 11.2 Å². The zero-order valence-corrected chi connectivity index (χ0v) is 12.6. The maximum absolute atomic E-state index is 6.07. The summed E-state index contributed by atoms with van der Waals surface area (Å²) < 4.78 is 12.5. The fraction of sp³-hybridized carbons (Fsp3) is 0.429. The van der Waals surface area contributed by atoms with Gasteiger partial charge in [0, 0.05) is 18.1 Å². The molecule has 0 fully saturated rings. The number of hydrogen-bond donors (Lipinski definition) is 0. The zero-order chi connectivity index (χ0) is 14.5. The molecular weight excluding hydrogens is 278 g/mol. The topological polar surface area (TPSA) is 49.2 Å². The van der Waals surface area contributed by atoms with E-state index in [0.717, 1.165) is 11.5 Å². The van der Waals surface area contributed by atoms with Gasteiger partial charge in [0.05, 0.1) is 13.7 Å². The minimum Gasteiger partial charge on any atom is -0.494 e. The van der Waals surface area contributed by atoms with Crippen LogP contribution in [0.4, 0.5) is 0 Å². The highest BCUT2D eigenvalue weighted by molar-refractivity contribution is 6.30. The van der Waals surface area contributed by atoms with Crippen LogP contribution in [0.15, 0.2) is 18.2 Å². The number of rotatable bonds is 6. The summed E-state index contributed by atoms with van der Waals surface area (Å²) in [6, 6.07) is 5.42. The van der Waals surface area contributed by atoms with Crippen molar-refractivity contribution >= 4 is 11.6 Å². The van der Waals surface area contributed by atoms with Gasteiger partial charge in [-0.2, -0.15) is 5.10 Å². The zero-order valence-electron chi connectivity index (χ0n) is 11.9. The molecule has 0 radical (unpaired) electrons. The van der Waals surface area contributed by atoms with Crippen LogP contribution in [0.2, 0.25) is 5.02 Å². The molecule has 2 aromatic rings. The Hall–Kier alpha value is -1.59. The molecule has 0 saturated carbocycles. The maximum atomic E-state index is 6.07. The normalized spacial score (nSPS) is 10.8. The Balaban J connectivity index is 2.38. The van der Waals surface area contributed by atoms with E-state index < -0.39 is 0 Å². The molecule has 0 bridgehead atoms. The molecule has 0 saturated heterocycles. The predicted octanol–water partition coefficient (Wildman–Crippen LogP) is 2.82. The summed E-state index contributed by atoms with van der Waals surface area (Å²) in [6.45, 7) is 5.12. The molecule has 1 heterocycles. The first-order chi connectivity index (χ1) is 9.65. The van der Waals surface area contributed by atoms with Gasteiger partial charge in [0.25, 0.3) is 0 Å². The van der Waals surface area contributed by atoms with Gasteiger partial charge in [-0.3, -0.25) is 0 Å². The van der Waals surface area contributed by atoms with Gasteiger partial charge in [-0.25, -0.2) is 9.67 Å². The Bertz CT molecular complexity index is 584. The first-order valence-electron chi connectivity index (χ1n) is 6.50. The van der Waals surface area contributed by atoms with Crippen LogP contribution >= 0.6 is 11.6 Å². The number of aryl methyl sites for hydroxylation is 1. The Kier molecular flexibility index (Phi) is 4.98. The number of halogens is 1. The molecule has 20 heavy (non-hydrogen) atoms. The first kappa shape index (κ1) is 14.8. The van der Waals surface area contributed by atoms with Crippen molar-refractivity contribution < 1.29 is 9.47 Å². The van der Waals surface area contributed by atoms with Crippen LogP contribution in [0.3, 0.4) is 0 Å². The Morgan fingerprint density at radius 2 is 2.15 bits per heavy atom. The summed E-state index contributed by atoms with van der Waals surface area (Å²) in [5, 5.41) is 5.05. The van der Waals surface area contributed by atoms with Gasteiger partial charge in [0.1, 0.15) is 23.1 Å². The van der Waals surface area contributed by atoms with Gasteiger partial charge in [-0.15, -0.1) is 0 Å². The largest absolute Gasteiger partial charge is 0.494 e. The van der Waals surface area contributed by atoms with Crippen molar-refractivity contribution in [2.75, 3.05) is 20.3 Å². The van der Waals surface area contributed by atoms with Crippen molar-refractivity contribution in [2.24, 2.45) is 0 Å². The molecular formula is C14H18ClN3O2. The number of benzene rings is 1. The Labute approximate surface area is 123 Å². The fourth-order valence-electron chi connectivity index (χ4n) is 1.95. The highest BCUT2D eigenvalue weighted by atomic mass is 35.5. The van der Waals surface area contributed by atoms with E-state index in [1.54, 1.807) is 17.9 Å². The maximum Gasteiger partial charge on any atom is 0.148 e. The number of aromatic nitrogens is 3. The second kappa shape index (κ2) is 6.72. The Morgan fingerprint density at radius 1 is 1.35 bits per heavy atom. The van der Waals surface area contributed by atoms with Gasteiger partial charge in [0.15, 0.2) is 0 Å². The average molecular weight is 296 g/mol. The van der Waals surface area contributed by atoms with E-state index in [-0.39, 0.29) is 0 Å². The minimum absolute atomic E-state index is 0.609. The molecule has 0 N–H and O–H groups in total. The molecule has 0 spiro atoms. The van der Waals surface area contributed by atoms with E-state index in [2.05, 4.69) is 10.1 Å². The van der Waals surface area contributed by atoms with Crippen LogP contribution in [0.1, 0.15) is 18.6 Å². The molecule has 0 aliphatic rings. The van der Waals surface area contributed by atoms with Crippen LogP contribution in [0, 0.1) is 6.92 Å². The number of hydrogen-bond acceptors (Lipinski definition) is 4. The van der Waals surface area contributed by atoms with Crippen molar-refractivity contribution in [3.8, 4) is 11.4 Å². The molecule has 2 rings (SSSR count). The highest BCUT2D eigenvalue weighted by Crippen LogP contribution is 2.26. The summed E-state index contributed by atoms with van der Waals surface area (Å²) >= 11 is 6.07. The van der Waals surface area contributed by atoms with Crippen LogP contribution in [0.5, 0.6) is 5.75 Å². The fourth-order valence-corrected chi connectivity index (χ4v) is 2.12. The van der Waals surface area contributed by atoms with Gasteiger partial charge < -0.3 is 9.47 Å². The van der Waals surface area contributed by atoms with Crippen LogP contribution in [-0.4, -0.2) is 35.1 Å². The van der Waals surface area contributed by atoms with Crippen molar-refractivity contribution in [3.63, 3.8) is 0 Å². The van der Waals surface area contributed by atoms with Crippen molar-refractivity contribution in [3.05, 3.63) is 34.9 Å². The predicted molar refractivity (Wildman–Crippen MR) is 77.9 cm³/mol. The quantitative estimate of drug-likeness (QED) is 0.769. The lowest BCUT2D eigenvalue weighted by Gasteiger charge is -2.11. The average Bonchev–Trinajstić information content (AvgIpc) is 2.80. The highest BCUT2D eigenvalue weighted by Gasteiger charge is 2.14. The molecule has 0 unspecified atom stereocenters. The van der Waals surface area contributed by atoms with E-state index in [9.17, 15) is 0 Å². The van der Waals surface area contributed by atoms with Crippen LogP contribution < -0.4 is 4.74 Å². The Morgan fingerprint density at radius 3 is 2.85 bits per heavy atom. The molecule has 1 aromatic carbocycles. The van der Waals surface area contributed by atoms with E-state index in [0.29, 0.717) is 36.2 Å². The van der Waals surface area contributed by atoms with E-state index in [1.165, 1.54) is 0 Å². The van der Waals surface area contributed by atoms with E-state index >= 15 is 0 Å². The summed E-state index contributed by atoms with van der Waals surface area (Å²) in [4.78, 5) is 4.44. The lowest BCUT2D eigenvalue weighted by atomic mass is 10.3. The first-order valence-corrected chi connectivity index (χ1v) is 6.87. The van der Waals surface area contributed by atoms with Crippen molar-refractivity contribution in [1.82, 2.24) is 14.8 Å². The molecule has 0 aliphatic heterocycles. The minimum atomic E-state index is 0.609. The smallest absolute Gasteiger partial charge is 0.148 e. The molecule has 1 aromatic heterocycles. The lowest BCUT2D eigenvalue weighted by molar-refractivity contribution is 0.149. The summed E-state index contributed by atoms with van der Waals surface area (Å²) in [6.07, 6.45) is 0.685. The van der Waals surface area contributed by atoms with Crippen LogP contribution in [0.25, 0.3) is 5.69 Å². The molecule has 6 heteroatoms. The lowest BCUT2D eigenvalue weighted by Crippen LogP contribution is -2.08. The molecule has 5 nitrogen and oxygen atoms in total. The summed E-state index contributed by atoms with van der Waals surface area (Å²) in [7, 11) is 1.62. The number of methoxy groups -OCH3 is 1. The van der Waals surface area contributed by atoms with Gasteiger partial charge in [0.2, 0.25) is 0 Å². The molecule has 0 amide bonds. The summed E-state index contributed by atoms with van der Waals surface area (Å²) in [5.74, 6) is 2.24. The monoisotopic (exact) mass is 295 g/mol. The number of ether oxygens (including phenoxy) is 2. The van der Waals surface area contributed by atoms with Gasteiger partial charge >= 0.3 is 0 Å². The van der Waals surface area contributed by atoms with Gasteiger partial charge in [-0.1, -0.05) is 11.6 Å². The molecule has 108 valence electrons. The standard InChI is InChI=1S/C14H18ClN3O2/c1-4-20-8-7-14-16-10(2)17-18(14)12-9-11(15)5-6-13(12)19-3/h5-6,9H,4,7-8H2,1-3H3. The third kappa shape index (κ3) is 3.29. The van der Waals surface area contributed by atoms with E-state index in [1.807, 2.05) is 26.0 Å². The van der Waals surface area contributed by atoms with Crippen molar-refractivity contribution in [2.45, 2.75) is 20.3 Å². The summed E-state index contributed by atoms with van der Waals surface area (Å²) in [5.41, 5.74) is 0.784. The third-order valence-electron chi connectivity index (χ3n) is 2.82. The van der Waals surface area contributed by atoms with Gasteiger partial charge in [-0.05, 0) is 32.0 Å². The third-order valence-corrected chi connectivity index (χ3v) is 3.06. The van der Waals surface area contributed by atoms with Crippen molar-refractivity contribution in [1.29, 1.82) is 0 Å².